The molecule has 0 spiro atoms. The van der Waals surface area contributed by atoms with E-state index in [4.69, 9.17) is 5.26 Å². The van der Waals surface area contributed by atoms with Crippen molar-refractivity contribution in [1.29, 1.82) is 5.26 Å². The van der Waals surface area contributed by atoms with Crippen molar-refractivity contribution < 1.29 is 5.11 Å². The Kier molecular flexibility index (Phi) is 5.62. The summed E-state index contributed by atoms with van der Waals surface area (Å²) < 4.78 is 0. The Hall–Kier alpha value is -0.590. The van der Waals surface area contributed by atoms with Gasteiger partial charge in [0.05, 0.1) is 11.7 Å². The van der Waals surface area contributed by atoms with Crippen LogP contribution in [0.3, 0.4) is 0 Å². The summed E-state index contributed by atoms with van der Waals surface area (Å²) in [5.74, 6) is 0.761. The van der Waals surface area contributed by atoms with Gasteiger partial charge in [-0.05, 0) is 43.4 Å². The zero-order valence-corrected chi connectivity index (χ0v) is 12.1. The highest BCUT2D eigenvalue weighted by Gasteiger charge is 2.31. The largest absolute Gasteiger partial charge is 0.389 e. The van der Waals surface area contributed by atoms with Crippen LogP contribution in [-0.4, -0.2) is 23.8 Å². The Balaban J connectivity index is 2.26. The molecule has 3 heteroatoms. The van der Waals surface area contributed by atoms with Crippen LogP contribution >= 0.6 is 0 Å². The van der Waals surface area contributed by atoms with Gasteiger partial charge in [-0.2, -0.15) is 5.26 Å². The number of nitrogens with zero attached hydrogens (tertiary/aromatic N) is 1. The Morgan fingerprint density at radius 3 is 2.56 bits per heavy atom. The average molecular weight is 252 g/mol. The van der Waals surface area contributed by atoms with Crippen LogP contribution in [0, 0.1) is 22.7 Å². The van der Waals surface area contributed by atoms with Gasteiger partial charge in [0.15, 0.2) is 0 Å². The maximum atomic E-state index is 10.4. The van der Waals surface area contributed by atoms with Crippen molar-refractivity contribution >= 4 is 0 Å². The van der Waals surface area contributed by atoms with Gasteiger partial charge in [-0.25, -0.2) is 0 Å². The van der Waals surface area contributed by atoms with E-state index in [1.807, 2.05) is 0 Å². The van der Waals surface area contributed by atoms with Crippen LogP contribution in [-0.2, 0) is 0 Å². The lowest BCUT2D eigenvalue weighted by molar-refractivity contribution is -0.00759. The summed E-state index contributed by atoms with van der Waals surface area (Å²) in [6.45, 7) is 8.16. The molecule has 1 aliphatic rings. The Bertz CT molecular complexity index is 285. The molecule has 0 atom stereocenters. The first-order valence-corrected chi connectivity index (χ1v) is 7.17. The van der Waals surface area contributed by atoms with Gasteiger partial charge in [-0.15, -0.1) is 0 Å². The van der Waals surface area contributed by atoms with Crippen LogP contribution in [0.15, 0.2) is 0 Å². The van der Waals surface area contributed by atoms with Gasteiger partial charge < -0.3 is 10.4 Å². The minimum Gasteiger partial charge on any atom is -0.389 e. The lowest BCUT2D eigenvalue weighted by atomic mass is 9.79. The topological polar surface area (TPSA) is 56.0 Å². The van der Waals surface area contributed by atoms with E-state index in [1.165, 1.54) is 0 Å². The first-order chi connectivity index (χ1) is 8.37. The highest BCUT2D eigenvalue weighted by atomic mass is 16.3. The zero-order valence-electron chi connectivity index (χ0n) is 12.1. The fourth-order valence-electron chi connectivity index (χ4n) is 2.59. The van der Waals surface area contributed by atoms with E-state index in [0.717, 1.165) is 44.6 Å². The van der Waals surface area contributed by atoms with Crippen molar-refractivity contribution in [3.63, 3.8) is 0 Å². The Morgan fingerprint density at radius 1 is 1.39 bits per heavy atom. The lowest BCUT2D eigenvalue weighted by Gasteiger charge is -2.36. The Labute approximate surface area is 112 Å². The van der Waals surface area contributed by atoms with Crippen LogP contribution in [0.25, 0.3) is 0 Å². The Morgan fingerprint density at radius 2 is 2.00 bits per heavy atom. The number of aliphatic hydroxyl groups is 1. The summed E-state index contributed by atoms with van der Waals surface area (Å²) in [5.41, 5.74) is -0.369. The molecule has 0 heterocycles. The summed E-state index contributed by atoms with van der Waals surface area (Å²) in [4.78, 5) is 0. The minimum absolute atomic E-state index is 0.133. The molecule has 1 rings (SSSR count). The molecular weight excluding hydrogens is 224 g/mol. The van der Waals surface area contributed by atoms with Crippen LogP contribution in [0.2, 0.25) is 0 Å². The molecule has 104 valence electrons. The van der Waals surface area contributed by atoms with Gasteiger partial charge in [0.25, 0.3) is 0 Å². The third-order valence-electron chi connectivity index (χ3n) is 4.18. The molecule has 0 amide bonds. The number of hydrogen-bond acceptors (Lipinski definition) is 3. The van der Waals surface area contributed by atoms with E-state index >= 15 is 0 Å². The van der Waals surface area contributed by atoms with E-state index in [2.05, 4.69) is 32.2 Å². The second kappa shape index (κ2) is 6.54. The smallest absolute Gasteiger partial charge is 0.0771 e. The van der Waals surface area contributed by atoms with Crippen molar-refractivity contribution in [3.05, 3.63) is 0 Å². The molecule has 0 aromatic heterocycles. The van der Waals surface area contributed by atoms with Gasteiger partial charge in [0, 0.05) is 19.5 Å². The van der Waals surface area contributed by atoms with E-state index in [1.54, 1.807) is 0 Å². The van der Waals surface area contributed by atoms with Crippen molar-refractivity contribution in [2.75, 3.05) is 13.1 Å². The standard InChI is InChI=1S/C15H28N2O/c1-13-5-8-15(18,9-6-13)12-17-11-14(2,3)7-4-10-16/h13,17-18H,4-9,11-12H2,1-3H3. The predicted octanol–water partition coefficient (Wildman–Crippen LogP) is 2.85. The van der Waals surface area contributed by atoms with Crippen LogP contribution in [0.1, 0.15) is 59.3 Å². The number of nitriles is 1. The van der Waals surface area contributed by atoms with Gasteiger partial charge in [0.2, 0.25) is 0 Å². The van der Waals surface area contributed by atoms with E-state index in [0.29, 0.717) is 13.0 Å². The van der Waals surface area contributed by atoms with E-state index in [9.17, 15) is 5.11 Å². The molecule has 1 aliphatic carbocycles. The SMILES string of the molecule is CC1CCC(O)(CNCC(C)(C)CCC#N)CC1. The molecule has 0 unspecified atom stereocenters. The maximum Gasteiger partial charge on any atom is 0.0771 e. The quantitative estimate of drug-likeness (QED) is 0.764. The fourth-order valence-corrected chi connectivity index (χ4v) is 2.59. The summed E-state index contributed by atoms with van der Waals surface area (Å²) in [5, 5.41) is 22.5. The van der Waals surface area contributed by atoms with E-state index in [-0.39, 0.29) is 5.41 Å². The third kappa shape index (κ3) is 5.37. The number of nitrogens with one attached hydrogen (secondary N) is 1. The molecule has 0 aliphatic heterocycles. The normalized spacial score (nSPS) is 28.9. The molecule has 0 aromatic rings. The molecule has 1 fully saturated rings. The van der Waals surface area contributed by atoms with Gasteiger partial charge in [0.1, 0.15) is 0 Å². The lowest BCUT2D eigenvalue weighted by Crippen LogP contribution is -2.45. The first kappa shape index (κ1) is 15.5. The molecule has 0 bridgehead atoms. The molecule has 0 radical (unpaired) electrons. The molecule has 3 nitrogen and oxygen atoms in total. The highest BCUT2D eigenvalue weighted by molar-refractivity contribution is 4.87. The fraction of sp³-hybridized carbons (Fsp3) is 0.933. The predicted molar refractivity (Wildman–Crippen MR) is 74.1 cm³/mol. The molecular formula is C15H28N2O. The highest BCUT2D eigenvalue weighted by Crippen LogP contribution is 2.31. The first-order valence-electron chi connectivity index (χ1n) is 7.17. The summed E-state index contributed by atoms with van der Waals surface area (Å²) in [7, 11) is 0. The van der Waals surface area contributed by atoms with Crippen molar-refractivity contribution in [2.45, 2.75) is 64.9 Å². The maximum absolute atomic E-state index is 10.4. The monoisotopic (exact) mass is 252 g/mol. The second-order valence-corrected chi connectivity index (χ2v) is 6.83. The van der Waals surface area contributed by atoms with Gasteiger partial charge >= 0.3 is 0 Å². The molecule has 0 aromatic carbocycles. The van der Waals surface area contributed by atoms with Crippen molar-refractivity contribution in [1.82, 2.24) is 5.32 Å². The summed E-state index contributed by atoms with van der Waals surface area (Å²) in [6.07, 6.45) is 5.62. The minimum atomic E-state index is -0.502. The van der Waals surface area contributed by atoms with Crippen LogP contribution < -0.4 is 5.32 Å². The molecule has 0 saturated heterocycles. The number of hydrogen-bond donors (Lipinski definition) is 2. The van der Waals surface area contributed by atoms with Crippen LogP contribution in [0.5, 0.6) is 0 Å². The van der Waals surface area contributed by atoms with Crippen molar-refractivity contribution in [3.8, 4) is 6.07 Å². The third-order valence-corrected chi connectivity index (χ3v) is 4.18. The zero-order chi connectivity index (χ0) is 13.6. The van der Waals surface area contributed by atoms with Gasteiger partial charge in [-0.3, -0.25) is 0 Å². The van der Waals surface area contributed by atoms with Gasteiger partial charge in [-0.1, -0.05) is 20.8 Å². The molecule has 18 heavy (non-hydrogen) atoms. The van der Waals surface area contributed by atoms with Crippen molar-refractivity contribution in [2.24, 2.45) is 11.3 Å². The number of rotatable bonds is 6. The summed E-state index contributed by atoms with van der Waals surface area (Å²) >= 11 is 0. The summed E-state index contributed by atoms with van der Waals surface area (Å²) in [6, 6.07) is 2.20. The van der Waals surface area contributed by atoms with Crippen LogP contribution in [0.4, 0.5) is 0 Å². The average Bonchev–Trinajstić information content (AvgIpc) is 2.31. The van der Waals surface area contributed by atoms with E-state index < -0.39 is 5.60 Å². The second-order valence-electron chi connectivity index (χ2n) is 6.83. The molecule has 2 N–H and O–H groups in total. The molecule has 1 saturated carbocycles.